The van der Waals surface area contributed by atoms with Crippen molar-refractivity contribution in [1.29, 1.82) is 0 Å². The van der Waals surface area contributed by atoms with Gasteiger partial charge in [-0.25, -0.2) is 4.79 Å². The average molecular weight is 304 g/mol. The maximum absolute atomic E-state index is 11.9. The Balaban J connectivity index is 1.94. The number of nitrogens with one attached hydrogen (secondary N) is 1. The lowest BCUT2D eigenvalue weighted by Crippen LogP contribution is -2.33. The van der Waals surface area contributed by atoms with Crippen molar-refractivity contribution in [2.24, 2.45) is 0 Å². The number of hydrogen-bond acceptors (Lipinski definition) is 4. The molecule has 118 valence electrons. The van der Waals surface area contributed by atoms with E-state index in [2.05, 4.69) is 5.32 Å². The lowest BCUT2D eigenvalue weighted by molar-refractivity contribution is -0.129. The SMILES string of the molecule is CNC(=O)[C@H](C)OC(=O)c1ccc(CN2CCCC2=O)cc1. The van der Waals surface area contributed by atoms with E-state index in [1.54, 1.807) is 29.2 Å². The van der Waals surface area contributed by atoms with E-state index in [0.717, 1.165) is 18.5 Å². The molecular weight excluding hydrogens is 284 g/mol. The van der Waals surface area contributed by atoms with Crippen LogP contribution in [0.3, 0.4) is 0 Å². The summed E-state index contributed by atoms with van der Waals surface area (Å²) in [7, 11) is 1.49. The highest BCUT2D eigenvalue weighted by Crippen LogP contribution is 2.15. The molecule has 0 unspecified atom stereocenters. The summed E-state index contributed by atoms with van der Waals surface area (Å²) in [5.41, 5.74) is 1.35. The highest BCUT2D eigenvalue weighted by Gasteiger charge is 2.20. The Morgan fingerprint density at radius 2 is 2.00 bits per heavy atom. The topological polar surface area (TPSA) is 75.7 Å². The summed E-state index contributed by atoms with van der Waals surface area (Å²) < 4.78 is 5.06. The van der Waals surface area contributed by atoms with Gasteiger partial charge in [-0.3, -0.25) is 9.59 Å². The number of ether oxygens (including phenoxy) is 1. The monoisotopic (exact) mass is 304 g/mol. The number of rotatable bonds is 5. The number of likely N-dealkylation sites (tertiary alicyclic amines) is 1. The van der Waals surface area contributed by atoms with E-state index >= 15 is 0 Å². The summed E-state index contributed by atoms with van der Waals surface area (Å²) >= 11 is 0. The molecule has 0 aromatic heterocycles. The molecule has 1 heterocycles. The van der Waals surface area contributed by atoms with Crippen molar-refractivity contribution in [3.63, 3.8) is 0 Å². The fraction of sp³-hybridized carbons (Fsp3) is 0.438. The largest absolute Gasteiger partial charge is 0.449 e. The molecule has 1 saturated heterocycles. The third-order valence-electron chi connectivity index (χ3n) is 3.63. The minimum absolute atomic E-state index is 0.169. The Hall–Kier alpha value is -2.37. The van der Waals surface area contributed by atoms with Crippen molar-refractivity contribution in [1.82, 2.24) is 10.2 Å². The summed E-state index contributed by atoms with van der Waals surface area (Å²) in [5.74, 6) is -0.722. The van der Waals surface area contributed by atoms with Gasteiger partial charge in [-0.1, -0.05) is 12.1 Å². The standard InChI is InChI=1S/C16H20N2O4/c1-11(15(20)17-2)22-16(21)13-7-5-12(6-8-13)10-18-9-3-4-14(18)19/h5-8,11H,3-4,9-10H2,1-2H3,(H,17,20)/t11-/m0/s1. The summed E-state index contributed by atoms with van der Waals surface area (Å²) in [4.78, 5) is 36.6. The van der Waals surface area contributed by atoms with Crippen LogP contribution in [0.25, 0.3) is 0 Å². The molecule has 1 N–H and O–H groups in total. The fourth-order valence-corrected chi connectivity index (χ4v) is 2.32. The van der Waals surface area contributed by atoms with Gasteiger partial charge in [0.2, 0.25) is 5.91 Å². The molecule has 2 rings (SSSR count). The molecule has 1 fully saturated rings. The minimum atomic E-state index is -0.834. The molecule has 1 atom stereocenters. The quantitative estimate of drug-likeness (QED) is 0.827. The van der Waals surface area contributed by atoms with Crippen molar-refractivity contribution in [3.05, 3.63) is 35.4 Å². The van der Waals surface area contributed by atoms with Crippen LogP contribution >= 0.6 is 0 Å². The molecule has 6 heteroatoms. The van der Waals surface area contributed by atoms with E-state index in [1.807, 2.05) is 0 Å². The van der Waals surface area contributed by atoms with Crippen molar-refractivity contribution in [3.8, 4) is 0 Å². The predicted octanol–water partition coefficient (Wildman–Crippen LogP) is 1.10. The van der Waals surface area contributed by atoms with Gasteiger partial charge >= 0.3 is 5.97 Å². The molecule has 0 bridgehead atoms. The molecule has 6 nitrogen and oxygen atoms in total. The van der Waals surface area contributed by atoms with Gasteiger partial charge < -0.3 is 15.0 Å². The third kappa shape index (κ3) is 3.84. The first-order chi connectivity index (χ1) is 10.5. The van der Waals surface area contributed by atoms with Crippen LogP contribution in [0.5, 0.6) is 0 Å². The third-order valence-corrected chi connectivity index (χ3v) is 3.63. The van der Waals surface area contributed by atoms with Gasteiger partial charge in [-0.2, -0.15) is 0 Å². The second kappa shape index (κ2) is 7.06. The number of esters is 1. The van der Waals surface area contributed by atoms with E-state index in [-0.39, 0.29) is 11.8 Å². The number of benzene rings is 1. The Labute approximate surface area is 129 Å². The van der Waals surface area contributed by atoms with Gasteiger partial charge in [0, 0.05) is 26.6 Å². The Morgan fingerprint density at radius 1 is 1.32 bits per heavy atom. The average Bonchev–Trinajstić information content (AvgIpc) is 2.92. The number of carbonyl (C=O) groups is 3. The first kappa shape index (κ1) is 16.0. The summed E-state index contributed by atoms with van der Waals surface area (Å²) in [6, 6.07) is 6.89. The number of likely N-dealkylation sites (N-methyl/N-ethyl adjacent to an activating group) is 1. The summed E-state index contributed by atoms with van der Waals surface area (Å²) in [6.07, 6.45) is 0.682. The maximum Gasteiger partial charge on any atom is 0.338 e. The fourth-order valence-electron chi connectivity index (χ4n) is 2.32. The summed E-state index contributed by atoms with van der Waals surface area (Å²) in [6.45, 7) is 2.86. The van der Waals surface area contributed by atoms with Gasteiger partial charge in [-0.05, 0) is 31.0 Å². The molecule has 0 saturated carbocycles. The van der Waals surface area contributed by atoms with Crippen LogP contribution in [0, 0.1) is 0 Å². The smallest absolute Gasteiger partial charge is 0.338 e. The minimum Gasteiger partial charge on any atom is -0.449 e. The van der Waals surface area contributed by atoms with Gasteiger partial charge in [0.05, 0.1) is 5.56 Å². The van der Waals surface area contributed by atoms with E-state index in [9.17, 15) is 14.4 Å². The number of nitrogens with zero attached hydrogens (tertiary/aromatic N) is 1. The molecule has 22 heavy (non-hydrogen) atoms. The highest BCUT2D eigenvalue weighted by molar-refractivity contribution is 5.92. The zero-order valence-corrected chi connectivity index (χ0v) is 12.8. The molecule has 1 aromatic rings. The maximum atomic E-state index is 11.9. The predicted molar refractivity (Wildman–Crippen MR) is 80.0 cm³/mol. The van der Waals surface area contributed by atoms with Crippen LogP contribution in [-0.4, -0.2) is 42.4 Å². The Morgan fingerprint density at radius 3 is 2.55 bits per heavy atom. The van der Waals surface area contributed by atoms with E-state index in [0.29, 0.717) is 18.5 Å². The van der Waals surface area contributed by atoms with Crippen LogP contribution < -0.4 is 5.32 Å². The van der Waals surface area contributed by atoms with Crippen molar-refractivity contribution in [2.75, 3.05) is 13.6 Å². The van der Waals surface area contributed by atoms with Crippen LogP contribution in [0.1, 0.15) is 35.7 Å². The van der Waals surface area contributed by atoms with Gasteiger partial charge in [0.25, 0.3) is 5.91 Å². The molecule has 1 aromatic carbocycles. The number of hydrogen-bond donors (Lipinski definition) is 1. The molecule has 0 spiro atoms. The van der Waals surface area contributed by atoms with E-state index in [1.165, 1.54) is 14.0 Å². The lowest BCUT2D eigenvalue weighted by Gasteiger charge is -2.16. The van der Waals surface area contributed by atoms with Crippen LogP contribution in [-0.2, 0) is 20.9 Å². The van der Waals surface area contributed by atoms with E-state index < -0.39 is 12.1 Å². The molecular formula is C16H20N2O4. The second-order valence-electron chi connectivity index (χ2n) is 5.28. The van der Waals surface area contributed by atoms with Crippen LogP contribution in [0.2, 0.25) is 0 Å². The number of carbonyl (C=O) groups excluding carboxylic acids is 3. The van der Waals surface area contributed by atoms with Crippen LogP contribution in [0.15, 0.2) is 24.3 Å². The zero-order chi connectivity index (χ0) is 16.1. The summed E-state index contributed by atoms with van der Waals surface area (Å²) in [5, 5.41) is 2.42. The highest BCUT2D eigenvalue weighted by atomic mass is 16.5. The number of amides is 2. The van der Waals surface area contributed by atoms with Gasteiger partial charge in [-0.15, -0.1) is 0 Å². The zero-order valence-electron chi connectivity index (χ0n) is 12.8. The Bertz CT molecular complexity index is 568. The lowest BCUT2D eigenvalue weighted by atomic mass is 10.1. The first-order valence-corrected chi connectivity index (χ1v) is 7.30. The van der Waals surface area contributed by atoms with Crippen molar-refractivity contribution < 1.29 is 19.1 Å². The van der Waals surface area contributed by atoms with Crippen LogP contribution in [0.4, 0.5) is 0 Å². The first-order valence-electron chi connectivity index (χ1n) is 7.30. The van der Waals surface area contributed by atoms with Crippen molar-refractivity contribution >= 4 is 17.8 Å². The molecule has 0 aliphatic carbocycles. The van der Waals surface area contributed by atoms with E-state index in [4.69, 9.17) is 4.74 Å². The van der Waals surface area contributed by atoms with Gasteiger partial charge in [0.15, 0.2) is 6.10 Å². The second-order valence-corrected chi connectivity index (χ2v) is 5.28. The van der Waals surface area contributed by atoms with Crippen molar-refractivity contribution in [2.45, 2.75) is 32.4 Å². The molecule has 1 aliphatic heterocycles. The molecule has 2 amide bonds. The Kier molecular flexibility index (Phi) is 5.14. The normalized spacial score (nSPS) is 15.5. The molecule has 0 radical (unpaired) electrons. The molecule has 1 aliphatic rings. The van der Waals surface area contributed by atoms with Gasteiger partial charge in [0.1, 0.15) is 0 Å².